The van der Waals surface area contributed by atoms with Crippen LogP contribution in [0.3, 0.4) is 0 Å². The van der Waals surface area contributed by atoms with E-state index in [4.69, 9.17) is 4.74 Å². The molecule has 0 amide bonds. The summed E-state index contributed by atoms with van der Waals surface area (Å²) in [6, 6.07) is 2.66. The maximum Gasteiger partial charge on any atom is 0.0561 e. The number of methoxy groups -OCH3 is 1. The molecule has 0 fully saturated rings. The molecule has 92 valence electrons. The Bertz CT molecular complexity index is 298. The molecule has 1 N–H and O–H groups in total. The highest BCUT2D eigenvalue weighted by Crippen LogP contribution is 2.26. The van der Waals surface area contributed by atoms with Gasteiger partial charge in [0.25, 0.3) is 0 Å². The second-order valence-corrected chi connectivity index (χ2v) is 5.34. The highest BCUT2D eigenvalue weighted by molar-refractivity contribution is 7.10. The minimum Gasteiger partial charge on any atom is -0.382 e. The maximum absolute atomic E-state index is 5.36. The Kier molecular flexibility index (Phi) is 6.03. The molecule has 0 aliphatic rings. The summed E-state index contributed by atoms with van der Waals surface area (Å²) in [6.45, 7) is 7.58. The lowest BCUT2D eigenvalue weighted by Crippen LogP contribution is -2.26. The van der Waals surface area contributed by atoms with E-state index in [-0.39, 0.29) is 0 Å². The number of hydrogen-bond acceptors (Lipinski definition) is 3. The first-order chi connectivity index (χ1) is 7.69. The maximum atomic E-state index is 5.36. The fraction of sp³-hybridized carbons (Fsp3) is 0.692. The molecule has 2 atom stereocenters. The number of hydrogen-bond donors (Lipinski definition) is 1. The highest BCUT2D eigenvalue weighted by Gasteiger charge is 2.16. The van der Waals surface area contributed by atoms with Gasteiger partial charge in [-0.25, -0.2) is 0 Å². The quantitative estimate of drug-likeness (QED) is 0.788. The van der Waals surface area contributed by atoms with Crippen LogP contribution in [0, 0.1) is 6.92 Å². The van der Waals surface area contributed by atoms with Gasteiger partial charge in [0.15, 0.2) is 0 Å². The van der Waals surface area contributed by atoms with Crippen molar-refractivity contribution in [2.45, 2.75) is 45.8 Å². The zero-order chi connectivity index (χ0) is 12.0. The largest absolute Gasteiger partial charge is 0.382 e. The normalized spacial score (nSPS) is 15.0. The molecular formula is C13H23NOS. The Morgan fingerprint density at radius 2 is 2.25 bits per heavy atom. The fourth-order valence-corrected chi connectivity index (χ4v) is 2.59. The van der Waals surface area contributed by atoms with Gasteiger partial charge in [-0.2, -0.15) is 0 Å². The molecule has 1 aromatic heterocycles. The van der Waals surface area contributed by atoms with Gasteiger partial charge >= 0.3 is 0 Å². The van der Waals surface area contributed by atoms with Gasteiger partial charge in [-0.05, 0) is 50.2 Å². The number of nitrogens with one attached hydrogen (secondary N) is 1. The minimum absolute atomic E-state index is 0.300. The van der Waals surface area contributed by atoms with E-state index in [2.05, 4.69) is 37.5 Å². The second-order valence-electron chi connectivity index (χ2n) is 4.22. The van der Waals surface area contributed by atoms with Crippen molar-refractivity contribution in [3.8, 4) is 0 Å². The van der Waals surface area contributed by atoms with E-state index in [0.29, 0.717) is 12.1 Å². The van der Waals surface area contributed by atoms with E-state index in [1.165, 1.54) is 16.9 Å². The van der Waals surface area contributed by atoms with Gasteiger partial charge in [-0.1, -0.05) is 6.92 Å². The molecule has 0 saturated carbocycles. The van der Waals surface area contributed by atoms with E-state index in [1.807, 2.05) is 11.3 Å². The highest BCUT2D eigenvalue weighted by atomic mass is 32.1. The van der Waals surface area contributed by atoms with E-state index in [1.54, 1.807) is 7.11 Å². The minimum atomic E-state index is 0.300. The third-order valence-corrected chi connectivity index (χ3v) is 3.75. The fourth-order valence-electron chi connectivity index (χ4n) is 1.82. The van der Waals surface area contributed by atoms with Crippen LogP contribution in [0.4, 0.5) is 0 Å². The third kappa shape index (κ3) is 3.89. The Morgan fingerprint density at radius 3 is 2.75 bits per heavy atom. The van der Waals surface area contributed by atoms with Crippen molar-refractivity contribution in [2.75, 3.05) is 13.7 Å². The Labute approximate surface area is 103 Å². The molecule has 3 heteroatoms. The Hall–Kier alpha value is -0.380. The van der Waals surface area contributed by atoms with Crippen LogP contribution in [0.5, 0.6) is 0 Å². The Morgan fingerprint density at radius 1 is 1.50 bits per heavy atom. The molecule has 0 aliphatic heterocycles. The van der Waals surface area contributed by atoms with Gasteiger partial charge < -0.3 is 10.1 Å². The van der Waals surface area contributed by atoms with Crippen LogP contribution in [0.15, 0.2) is 11.4 Å². The average molecular weight is 241 g/mol. The second kappa shape index (κ2) is 7.05. The lowest BCUT2D eigenvalue weighted by Gasteiger charge is -2.21. The summed E-state index contributed by atoms with van der Waals surface area (Å²) in [5.41, 5.74) is 1.43. The average Bonchev–Trinajstić information content (AvgIpc) is 2.70. The molecule has 1 aromatic rings. The molecule has 1 heterocycles. The number of ether oxygens (including phenoxy) is 1. The van der Waals surface area contributed by atoms with Crippen LogP contribution in [0.2, 0.25) is 0 Å². The third-order valence-electron chi connectivity index (χ3n) is 2.89. The first-order valence-corrected chi connectivity index (χ1v) is 6.87. The van der Waals surface area contributed by atoms with Crippen LogP contribution in [-0.2, 0) is 4.74 Å². The van der Waals surface area contributed by atoms with Crippen molar-refractivity contribution in [2.24, 2.45) is 0 Å². The Balaban J connectivity index is 2.67. The lowest BCUT2D eigenvalue weighted by atomic mass is 10.0. The standard InChI is InChI=1S/C13H23NOS/c1-5-7-14-13(9-10(2)15-4)12-6-8-16-11(12)3/h6,8,10,13-14H,5,7,9H2,1-4H3. The zero-order valence-corrected chi connectivity index (χ0v) is 11.6. The van der Waals surface area contributed by atoms with E-state index < -0.39 is 0 Å². The van der Waals surface area contributed by atoms with Gasteiger partial charge in [0, 0.05) is 18.0 Å². The summed E-state index contributed by atoms with van der Waals surface area (Å²) in [5, 5.41) is 5.77. The predicted octanol–water partition coefficient (Wildman–Crippen LogP) is 3.52. The van der Waals surface area contributed by atoms with E-state index in [9.17, 15) is 0 Å². The SMILES string of the molecule is CCCNC(CC(C)OC)c1ccsc1C. The van der Waals surface area contributed by atoms with Crippen LogP contribution < -0.4 is 5.32 Å². The number of rotatable bonds is 7. The molecule has 0 aliphatic carbocycles. The van der Waals surface area contributed by atoms with Crippen molar-refractivity contribution in [1.29, 1.82) is 0 Å². The lowest BCUT2D eigenvalue weighted by molar-refractivity contribution is 0.100. The molecule has 2 unspecified atom stereocenters. The summed E-state index contributed by atoms with van der Waals surface area (Å²) >= 11 is 1.82. The van der Waals surface area contributed by atoms with Crippen molar-refractivity contribution in [3.63, 3.8) is 0 Å². The monoisotopic (exact) mass is 241 g/mol. The molecule has 0 spiro atoms. The predicted molar refractivity (Wildman–Crippen MR) is 71.2 cm³/mol. The van der Waals surface area contributed by atoms with Crippen LogP contribution in [0.1, 0.15) is 43.2 Å². The molecule has 0 saturated heterocycles. The first kappa shape index (κ1) is 13.7. The van der Waals surface area contributed by atoms with Crippen molar-refractivity contribution >= 4 is 11.3 Å². The van der Waals surface area contributed by atoms with Gasteiger partial charge in [0.2, 0.25) is 0 Å². The summed E-state index contributed by atoms with van der Waals surface area (Å²) < 4.78 is 5.36. The van der Waals surface area contributed by atoms with E-state index >= 15 is 0 Å². The smallest absolute Gasteiger partial charge is 0.0561 e. The van der Waals surface area contributed by atoms with Crippen molar-refractivity contribution < 1.29 is 4.74 Å². The van der Waals surface area contributed by atoms with Crippen molar-refractivity contribution in [3.05, 3.63) is 21.9 Å². The van der Waals surface area contributed by atoms with Gasteiger partial charge in [0.1, 0.15) is 0 Å². The van der Waals surface area contributed by atoms with Crippen LogP contribution in [-0.4, -0.2) is 19.8 Å². The molecule has 0 aromatic carbocycles. The molecule has 2 nitrogen and oxygen atoms in total. The molecule has 0 radical (unpaired) electrons. The van der Waals surface area contributed by atoms with E-state index in [0.717, 1.165) is 13.0 Å². The van der Waals surface area contributed by atoms with Gasteiger partial charge in [-0.15, -0.1) is 11.3 Å². The number of aryl methyl sites for hydroxylation is 1. The van der Waals surface area contributed by atoms with Gasteiger partial charge in [-0.3, -0.25) is 0 Å². The summed E-state index contributed by atoms with van der Waals surface area (Å²) in [6.07, 6.45) is 2.50. The molecule has 16 heavy (non-hydrogen) atoms. The molecule has 0 bridgehead atoms. The molecular weight excluding hydrogens is 218 g/mol. The summed E-state index contributed by atoms with van der Waals surface area (Å²) in [7, 11) is 1.78. The van der Waals surface area contributed by atoms with Crippen molar-refractivity contribution in [1.82, 2.24) is 5.32 Å². The molecule has 1 rings (SSSR count). The first-order valence-electron chi connectivity index (χ1n) is 5.99. The van der Waals surface area contributed by atoms with Gasteiger partial charge in [0.05, 0.1) is 6.10 Å². The summed E-state index contributed by atoms with van der Waals surface area (Å²) in [5.74, 6) is 0. The zero-order valence-electron chi connectivity index (χ0n) is 10.7. The van der Waals surface area contributed by atoms with Crippen LogP contribution >= 0.6 is 11.3 Å². The van der Waals surface area contributed by atoms with Crippen LogP contribution in [0.25, 0.3) is 0 Å². The topological polar surface area (TPSA) is 21.3 Å². The number of thiophene rings is 1. The summed E-state index contributed by atoms with van der Waals surface area (Å²) in [4.78, 5) is 1.41.